The van der Waals surface area contributed by atoms with Crippen molar-refractivity contribution in [2.24, 2.45) is 5.92 Å². The number of ether oxygens (including phenoxy) is 1. The molecule has 0 heterocycles. The summed E-state index contributed by atoms with van der Waals surface area (Å²) in [6, 6.07) is 9.19. The smallest absolute Gasteiger partial charge is 0.309 e. The van der Waals surface area contributed by atoms with Crippen LogP contribution in [0.2, 0.25) is 0 Å². The van der Waals surface area contributed by atoms with Crippen LogP contribution in [-0.2, 0) is 16.1 Å². The van der Waals surface area contributed by atoms with E-state index in [-0.39, 0.29) is 11.9 Å². The lowest BCUT2D eigenvalue weighted by atomic mass is 9.89. The van der Waals surface area contributed by atoms with Crippen molar-refractivity contribution in [3.8, 4) is 6.07 Å². The minimum absolute atomic E-state index is 0.0703. The Hall–Kier alpha value is -1.82. The highest BCUT2D eigenvalue weighted by Crippen LogP contribution is 2.24. The Kier molecular flexibility index (Phi) is 4.35. The van der Waals surface area contributed by atoms with Crippen molar-refractivity contribution in [3.63, 3.8) is 0 Å². The van der Waals surface area contributed by atoms with Gasteiger partial charge in [0.25, 0.3) is 0 Å². The first-order valence-corrected chi connectivity index (χ1v) is 6.45. The summed E-state index contributed by atoms with van der Waals surface area (Å²) >= 11 is 0. The molecule has 0 spiro atoms. The van der Waals surface area contributed by atoms with Gasteiger partial charge in [-0.15, -0.1) is 0 Å². The molecule has 1 fully saturated rings. The number of hydrogen-bond donors (Lipinski definition) is 0. The predicted molar refractivity (Wildman–Crippen MR) is 67.5 cm³/mol. The van der Waals surface area contributed by atoms with E-state index in [9.17, 15) is 4.79 Å². The highest BCUT2D eigenvalue weighted by molar-refractivity contribution is 5.72. The van der Waals surface area contributed by atoms with E-state index in [2.05, 4.69) is 6.07 Å². The second kappa shape index (κ2) is 6.20. The van der Waals surface area contributed by atoms with Crippen LogP contribution in [0.4, 0.5) is 0 Å². The number of nitrogens with zero attached hydrogens (tertiary/aromatic N) is 1. The van der Waals surface area contributed by atoms with Crippen LogP contribution < -0.4 is 0 Å². The predicted octanol–water partition coefficient (Wildman–Crippen LogP) is 3.18. The highest BCUT2D eigenvalue weighted by atomic mass is 16.5. The quantitative estimate of drug-likeness (QED) is 0.766. The van der Waals surface area contributed by atoms with Gasteiger partial charge in [-0.05, 0) is 30.5 Å². The number of carbonyl (C=O) groups is 1. The van der Waals surface area contributed by atoms with Crippen LogP contribution in [0.3, 0.4) is 0 Å². The van der Waals surface area contributed by atoms with Gasteiger partial charge in [0, 0.05) is 0 Å². The minimum Gasteiger partial charge on any atom is -0.461 e. The maximum atomic E-state index is 11.8. The topological polar surface area (TPSA) is 50.1 Å². The second-order valence-corrected chi connectivity index (χ2v) is 4.75. The average Bonchev–Trinajstić information content (AvgIpc) is 2.46. The number of hydrogen-bond acceptors (Lipinski definition) is 3. The van der Waals surface area contributed by atoms with E-state index in [4.69, 9.17) is 10.00 Å². The van der Waals surface area contributed by atoms with Crippen molar-refractivity contribution in [3.05, 3.63) is 35.4 Å². The Bertz CT molecular complexity index is 439. The summed E-state index contributed by atoms with van der Waals surface area (Å²) in [5.41, 5.74) is 1.55. The van der Waals surface area contributed by atoms with Crippen molar-refractivity contribution in [2.45, 2.75) is 38.7 Å². The zero-order valence-corrected chi connectivity index (χ0v) is 10.4. The van der Waals surface area contributed by atoms with E-state index < -0.39 is 0 Å². The van der Waals surface area contributed by atoms with Crippen LogP contribution in [0.5, 0.6) is 0 Å². The molecule has 0 aromatic heterocycles. The Labute approximate surface area is 107 Å². The van der Waals surface area contributed by atoms with Gasteiger partial charge in [-0.2, -0.15) is 5.26 Å². The minimum atomic E-state index is -0.0703. The summed E-state index contributed by atoms with van der Waals surface area (Å²) in [7, 11) is 0. The van der Waals surface area contributed by atoms with Crippen molar-refractivity contribution < 1.29 is 9.53 Å². The van der Waals surface area contributed by atoms with E-state index in [0.29, 0.717) is 12.2 Å². The molecule has 1 aromatic carbocycles. The monoisotopic (exact) mass is 243 g/mol. The molecule has 0 saturated heterocycles. The molecule has 0 atom stereocenters. The van der Waals surface area contributed by atoms with Gasteiger partial charge in [-0.25, -0.2) is 0 Å². The zero-order valence-electron chi connectivity index (χ0n) is 10.4. The van der Waals surface area contributed by atoms with Crippen LogP contribution in [0.15, 0.2) is 24.3 Å². The molecule has 2 rings (SSSR count). The Morgan fingerprint density at radius 1 is 1.22 bits per heavy atom. The highest BCUT2D eigenvalue weighted by Gasteiger charge is 2.22. The van der Waals surface area contributed by atoms with Gasteiger partial charge in [-0.3, -0.25) is 4.79 Å². The number of nitriles is 1. The van der Waals surface area contributed by atoms with Crippen LogP contribution >= 0.6 is 0 Å². The molecular weight excluding hydrogens is 226 g/mol. The molecule has 0 unspecified atom stereocenters. The van der Waals surface area contributed by atoms with Gasteiger partial charge in [0.15, 0.2) is 0 Å². The molecule has 3 heteroatoms. The van der Waals surface area contributed by atoms with E-state index in [1.807, 2.05) is 12.1 Å². The van der Waals surface area contributed by atoms with Gasteiger partial charge in [0.05, 0.1) is 17.6 Å². The van der Waals surface area contributed by atoms with Gasteiger partial charge >= 0.3 is 5.97 Å². The molecule has 0 amide bonds. The number of rotatable bonds is 3. The fourth-order valence-electron chi connectivity index (χ4n) is 2.29. The largest absolute Gasteiger partial charge is 0.461 e. The standard InChI is InChI=1S/C15H17NO2/c16-10-12-6-8-13(9-7-12)11-18-15(17)14-4-2-1-3-5-14/h6-9,14H,1-5,11H2. The summed E-state index contributed by atoms with van der Waals surface area (Å²) in [5.74, 6) is 0.0243. The van der Waals surface area contributed by atoms with E-state index in [0.717, 1.165) is 31.2 Å². The van der Waals surface area contributed by atoms with Gasteiger partial charge < -0.3 is 4.74 Å². The van der Waals surface area contributed by atoms with Crippen LogP contribution in [0.25, 0.3) is 0 Å². The summed E-state index contributed by atoms with van der Waals surface area (Å²) in [6.45, 7) is 0.307. The van der Waals surface area contributed by atoms with Crippen LogP contribution in [0, 0.1) is 17.2 Å². The summed E-state index contributed by atoms with van der Waals surface area (Å²) < 4.78 is 5.32. The Morgan fingerprint density at radius 2 is 1.89 bits per heavy atom. The van der Waals surface area contributed by atoms with Crippen molar-refractivity contribution in [2.75, 3.05) is 0 Å². The molecule has 0 bridgehead atoms. The van der Waals surface area contributed by atoms with Gasteiger partial charge in [-0.1, -0.05) is 31.4 Å². The van der Waals surface area contributed by atoms with E-state index in [1.54, 1.807) is 12.1 Å². The maximum absolute atomic E-state index is 11.8. The Morgan fingerprint density at radius 3 is 2.50 bits per heavy atom. The van der Waals surface area contributed by atoms with Crippen LogP contribution in [-0.4, -0.2) is 5.97 Å². The molecule has 1 aliphatic rings. The molecule has 1 saturated carbocycles. The fraction of sp³-hybridized carbons (Fsp3) is 0.467. The lowest BCUT2D eigenvalue weighted by Gasteiger charge is -2.19. The number of esters is 1. The molecule has 94 valence electrons. The van der Waals surface area contributed by atoms with Gasteiger partial charge in [0.1, 0.15) is 6.61 Å². The third-order valence-corrected chi connectivity index (χ3v) is 3.40. The lowest BCUT2D eigenvalue weighted by molar-refractivity contribution is -0.151. The summed E-state index contributed by atoms with van der Waals surface area (Å²) in [4.78, 5) is 11.8. The molecule has 1 aliphatic carbocycles. The summed E-state index contributed by atoms with van der Waals surface area (Å²) in [5, 5.41) is 8.68. The number of benzene rings is 1. The maximum Gasteiger partial charge on any atom is 0.309 e. The van der Waals surface area contributed by atoms with Crippen molar-refractivity contribution in [1.82, 2.24) is 0 Å². The summed E-state index contributed by atoms with van der Waals surface area (Å²) in [6.07, 6.45) is 5.44. The number of carbonyl (C=O) groups excluding carboxylic acids is 1. The second-order valence-electron chi connectivity index (χ2n) is 4.75. The first kappa shape index (κ1) is 12.6. The molecule has 0 N–H and O–H groups in total. The molecule has 1 aromatic rings. The lowest BCUT2D eigenvalue weighted by Crippen LogP contribution is -2.20. The third-order valence-electron chi connectivity index (χ3n) is 3.40. The first-order valence-electron chi connectivity index (χ1n) is 6.45. The SMILES string of the molecule is N#Cc1ccc(COC(=O)C2CCCCC2)cc1. The molecule has 0 aliphatic heterocycles. The zero-order chi connectivity index (χ0) is 12.8. The molecular formula is C15H17NO2. The van der Waals surface area contributed by atoms with Crippen molar-refractivity contribution >= 4 is 5.97 Å². The third kappa shape index (κ3) is 3.33. The Balaban J connectivity index is 1.83. The molecule has 18 heavy (non-hydrogen) atoms. The molecule has 3 nitrogen and oxygen atoms in total. The van der Waals surface area contributed by atoms with Crippen molar-refractivity contribution in [1.29, 1.82) is 5.26 Å². The van der Waals surface area contributed by atoms with E-state index >= 15 is 0 Å². The fourth-order valence-corrected chi connectivity index (χ4v) is 2.29. The van der Waals surface area contributed by atoms with Gasteiger partial charge in [0.2, 0.25) is 0 Å². The average molecular weight is 243 g/mol. The molecule has 0 radical (unpaired) electrons. The van der Waals surface area contributed by atoms with Crippen LogP contribution in [0.1, 0.15) is 43.2 Å². The van der Waals surface area contributed by atoms with E-state index in [1.165, 1.54) is 6.42 Å². The normalized spacial score (nSPS) is 15.9. The first-order chi connectivity index (χ1) is 8.79.